The van der Waals surface area contributed by atoms with Gasteiger partial charge in [-0.2, -0.15) is 0 Å². The van der Waals surface area contributed by atoms with Crippen molar-refractivity contribution in [3.8, 4) is 0 Å². The van der Waals surface area contributed by atoms with Crippen LogP contribution in [0.5, 0.6) is 0 Å². The van der Waals surface area contributed by atoms with Crippen molar-refractivity contribution in [3.63, 3.8) is 0 Å². The molecule has 1 heteroatoms. The summed E-state index contributed by atoms with van der Waals surface area (Å²) in [5, 5.41) is 0. The van der Waals surface area contributed by atoms with Gasteiger partial charge in [-0.25, -0.2) is 0 Å². The summed E-state index contributed by atoms with van der Waals surface area (Å²) >= 11 is 0. The minimum Gasteiger partial charge on any atom is -0.327 e. The van der Waals surface area contributed by atoms with Crippen LogP contribution in [0.2, 0.25) is 0 Å². The monoisotopic (exact) mass is 201 g/mol. The zero-order valence-corrected chi connectivity index (χ0v) is 9.15. The summed E-state index contributed by atoms with van der Waals surface area (Å²) in [6.07, 6.45) is 9.66. The Morgan fingerprint density at radius 1 is 1.13 bits per heavy atom. The fourth-order valence-corrected chi connectivity index (χ4v) is 2.62. The van der Waals surface area contributed by atoms with E-state index in [4.69, 9.17) is 5.73 Å². The normalized spacial score (nSPS) is 19.8. The maximum Gasteiger partial charge on any atom is 0.0132 e. The summed E-state index contributed by atoms with van der Waals surface area (Å²) in [5.74, 6) is 0. The van der Waals surface area contributed by atoms with Crippen LogP contribution in [0, 0.1) is 0 Å². The lowest BCUT2D eigenvalue weighted by molar-refractivity contribution is 0.556. The van der Waals surface area contributed by atoms with Crippen molar-refractivity contribution in [1.29, 1.82) is 0 Å². The van der Waals surface area contributed by atoms with Crippen molar-refractivity contribution >= 4 is 0 Å². The summed E-state index contributed by atoms with van der Waals surface area (Å²) < 4.78 is 0. The summed E-state index contributed by atoms with van der Waals surface area (Å²) in [7, 11) is 0. The van der Waals surface area contributed by atoms with E-state index in [-0.39, 0.29) is 5.41 Å². The molecule has 80 valence electrons. The quantitative estimate of drug-likeness (QED) is 0.747. The summed E-state index contributed by atoms with van der Waals surface area (Å²) in [5.41, 5.74) is 7.29. The number of allylic oxidation sites excluding steroid dienone is 1. The van der Waals surface area contributed by atoms with E-state index in [9.17, 15) is 0 Å². The van der Waals surface area contributed by atoms with Gasteiger partial charge >= 0.3 is 0 Å². The van der Waals surface area contributed by atoms with E-state index < -0.39 is 0 Å². The second-order valence-corrected chi connectivity index (χ2v) is 4.37. The van der Waals surface area contributed by atoms with Gasteiger partial charge in [0.2, 0.25) is 0 Å². The summed E-state index contributed by atoms with van der Waals surface area (Å²) in [4.78, 5) is 0. The van der Waals surface area contributed by atoms with E-state index >= 15 is 0 Å². The largest absolute Gasteiger partial charge is 0.327 e. The van der Waals surface area contributed by atoms with Crippen LogP contribution >= 0.6 is 0 Å². The van der Waals surface area contributed by atoms with Gasteiger partial charge in [-0.15, -0.1) is 0 Å². The van der Waals surface area contributed by atoms with E-state index in [2.05, 4.69) is 42.5 Å². The van der Waals surface area contributed by atoms with Crippen molar-refractivity contribution in [3.05, 3.63) is 48.0 Å². The fourth-order valence-electron chi connectivity index (χ4n) is 2.62. The summed E-state index contributed by atoms with van der Waals surface area (Å²) in [6, 6.07) is 10.8. The predicted molar refractivity (Wildman–Crippen MR) is 64.8 cm³/mol. The Kier molecular flexibility index (Phi) is 3.22. The average Bonchev–Trinajstić information content (AvgIpc) is 2.78. The second-order valence-electron chi connectivity index (χ2n) is 4.37. The van der Waals surface area contributed by atoms with Gasteiger partial charge in [-0.1, -0.05) is 55.3 Å². The van der Waals surface area contributed by atoms with Crippen molar-refractivity contribution < 1.29 is 0 Å². The Bertz CT molecular complexity index is 320. The van der Waals surface area contributed by atoms with Crippen LogP contribution in [0.4, 0.5) is 0 Å². The molecule has 0 unspecified atom stereocenters. The average molecular weight is 201 g/mol. The van der Waals surface area contributed by atoms with Gasteiger partial charge in [0.25, 0.3) is 0 Å². The smallest absolute Gasteiger partial charge is 0.0132 e. The third-order valence-electron chi connectivity index (χ3n) is 3.42. The molecule has 1 aliphatic carbocycles. The molecule has 0 aliphatic heterocycles. The Balaban J connectivity index is 2.30. The molecular weight excluding hydrogens is 182 g/mol. The highest BCUT2D eigenvalue weighted by Gasteiger charge is 2.32. The van der Waals surface area contributed by atoms with Crippen LogP contribution in [0.15, 0.2) is 42.5 Å². The van der Waals surface area contributed by atoms with E-state index in [1.54, 1.807) is 0 Å². The lowest BCUT2D eigenvalue weighted by Crippen LogP contribution is -2.19. The first kappa shape index (κ1) is 10.4. The molecule has 0 heterocycles. The molecule has 1 nitrogen and oxygen atoms in total. The van der Waals surface area contributed by atoms with Gasteiger partial charge in [-0.3, -0.25) is 0 Å². The molecule has 0 radical (unpaired) electrons. The highest BCUT2D eigenvalue weighted by molar-refractivity contribution is 5.32. The van der Waals surface area contributed by atoms with E-state index in [0.717, 1.165) is 0 Å². The van der Waals surface area contributed by atoms with E-state index in [0.29, 0.717) is 6.54 Å². The van der Waals surface area contributed by atoms with Crippen LogP contribution in [0.25, 0.3) is 0 Å². The number of hydrogen-bond acceptors (Lipinski definition) is 1. The number of rotatable bonds is 3. The Hall–Kier alpha value is -1.08. The number of benzene rings is 1. The van der Waals surface area contributed by atoms with Crippen molar-refractivity contribution in [1.82, 2.24) is 0 Å². The lowest BCUT2D eigenvalue weighted by Gasteiger charge is -2.25. The van der Waals surface area contributed by atoms with Gasteiger partial charge < -0.3 is 5.73 Å². The number of hydrogen-bond donors (Lipinski definition) is 1. The standard InChI is InChI=1S/C14H19N/c15-12-6-11-14(9-4-5-10-14)13-7-2-1-3-8-13/h1-3,6-8,11H,4-5,9-10,12,15H2/b11-6+. The maximum absolute atomic E-state index is 5.56. The third-order valence-corrected chi connectivity index (χ3v) is 3.42. The van der Waals surface area contributed by atoms with E-state index in [1.807, 2.05) is 0 Å². The van der Waals surface area contributed by atoms with Crippen LogP contribution in [0.3, 0.4) is 0 Å². The first-order valence-corrected chi connectivity index (χ1v) is 5.81. The highest BCUT2D eigenvalue weighted by Crippen LogP contribution is 2.42. The molecule has 1 fully saturated rings. The molecule has 1 aliphatic rings. The SMILES string of the molecule is NC/C=C/C1(c2ccccc2)CCCC1. The van der Waals surface area contributed by atoms with Crippen molar-refractivity contribution in [2.45, 2.75) is 31.1 Å². The molecule has 0 atom stereocenters. The Labute approximate surface area is 92.0 Å². The van der Waals surface area contributed by atoms with Crippen molar-refractivity contribution in [2.24, 2.45) is 5.73 Å². The van der Waals surface area contributed by atoms with Gasteiger partial charge in [0, 0.05) is 12.0 Å². The first-order chi connectivity index (χ1) is 7.37. The molecule has 0 bridgehead atoms. The molecule has 0 aromatic heterocycles. The second kappa shape index (κ2) is 4.63. The Morgan fingerprint density at radius 3 is 2.40 bits per heavy atom. The molecule has 1 aromatic carbocycles. The first-order valence-electron chi connectivity index (χ1n) is 5.81. The molecule has 1 aromatic rings. The molecule has 0 spiro atoms. The molecule has 2 N–H and O–H groups in total. The topological polar surface area (TPSA) is 26.0 Å². The van der Waals surface area contributed by atoms with Gasteiger partial charge in [0.1, 0.15) is 0 Å². The fraction of sp³-hybridized carbons (Fsp3) is 0.429. The minimum atomic E-state index is 0.278. The van der Waals surface area contributed by atoms with Crippen LogP contribution < -0.4 is 5.73 Å². The summed E-state index contributed by atoms with van der Waals surface area (Å²) in [6.45, 7) is 0.647. The Morgan fingerprint density at radius 2 is 1.80 bits per heavy atom. The van der Waals surface area contributed by atoms with Gasteiger partial charge in [0.15, 0.2) is 0 Å². The zero-order chi connectivity index (χ0) is 10.6. The van der Waals surface area contributed by atoms with Crippen LogP contribution in [-0.4, -0.2) is 6.54 Å². The van der Waals surface area contributed by atoms with Crippen LogP contribution in [-0.2, 0) is 5.41 Å². The minimum absolute atomic E-state index is 0.278. The maximum atomic E-state index is 5.56. The van der Waals surface area contributed by atoms with Gasteiger partial charge in [-0.05, 0) is 18.4 Å². The third kappa shape index (κ3) is 2.13. The molecule has 0 amide bonds. The van der Waals surface area contributed by atoms with Crippen LogP contribution in [0.1, 0.15) is 31.2 Å². The molecule has 1 saturated carbocycles. The molecular formula is C14H19N. The predicted octanol–water partition coefficient (Wildman–Crippen LogP) is 3.01. The molecule has 0 saturated heterocycles. The van der Waals surface area contributed by atoms with E-state index in [1.165, 1.54) is 31.2 Å². The zero-order valence-electron chi connectivity index (χ0n) is 9.15. The number of nitrogens with two attached hydrogens (primary N) is 1. The van der Waals surface area contributed by atoms with Crippen molar-refractivity contribution in [2.75, 3.05) is 6.54 Å². The highest BCUT2D eigenvalue weighted by atomic mass is 14.5. The van der Waals surface area contributed by atoms with Gasteiger partial charge in [0.05, 0.1) is 0 Å². The lowest BCUT2D eigenvalue weighted by atomic mass is 9.78. The molecule has 2 rings (SSSR count). The molecule has 15 heavy (non-hydrogen) atoms.